The van der Waals surface area contributed by atoms with Crippen LogP contribution in [-0.4, -0.2) is 18.6 Å². The van der Waals surface area contributed by atoms with Gasteiger partial charge >= 0.3 is 5.97 Å². The molecule has 0 saturated heterocycles. The van der Waals surface area contributed by atoms with Crippen LogP contribution in [0.15, 0.2) is 42.5 Å². The third-order valence-corrected chi connectivity index (χ3v) is 4.13. The van der Waals surface area contributed by atoms with Gasteiger partial charge in [0.25, 0.3) is 0 Å². The van der Waals surface area contributed by atoms with Crippen LogP contribution >= 0.6 is 0 Å². The summed E-state index contributed by atoms with van der Waals surface area (Å²) in [7, 11) is 0. The molecule has 1 aliphatic rings. The van der Waals surface area contributed by atoms with Crippen molar-refractivity contribution in [3.8, 4) is 0 Å². The number of ether oxygens (including phenoxy) is 1. The average molecular weight is 313 g/mol. The second kappa shape index (κ2) is 8.68. The van der Waals surface area contributed by atoms with E-state index in [4.69, 9.17) is 10.5 Å². The Morgan fingerprint density at radius 3 is 2.61 bits per heavy atom. The zero-order chi connectivity index (χ0) is 16.7. The summed E-state index contributed by atoms with van der Waals surface area (Å²) in [6.45, 7) is 4.12. The highest BCUT2D eigenvalue weighted by Gasteiger charge is 2.17. The van der Waals surface area contributed by atoms with Crippen molar-refractivity contribution in [1.29, 1.82) is 0 Å². The van der Waals surface area contributed by atoms with Crippen LogP contribution in [0, 0.1) is 5.92 Å². The summed E-state index contributed by atoms with van der Waals surface area (Å²) in [6.07, 6.45) is 10.4. The summed E-state index contributed by atoms with van der Waals surface area (Å²) in [5.41, 5.74) is 9.94. The molecule has 1 aromatic carbocycles. The second-order valence-corrected chi connectivity index (χ2v) is 6.19. The lowest BCUT2D eigenvalue weighted by Crippen LogP contribution is -2.29. The minimum absolute atomic E-state index is 0.0333. The average Bonchev–Trinajstić information content (AvgIpc) is 2.56. The van der Waals surface area contributed by atoms with Gasteiger partial charge < -0.3 is 10.5 Å². The molecule has 0 fully saturated rings. The Kier molecular flexibility index (Phi) is 6.60. The van der Waals surface area contributed by atoms with Gasteiger partial charge in [0.1, 0.15) is 0 Å². The Balaban J connectivity index is 1.89. The number of rotatable bonds is 7. The van der Waals surface area contributed by atoms with Crippen LogP contribution in [0.4, 0.5) is 0 Å². The fraction of sp³-hybridized carbons (Fsp3) is 0.450. The van der Waals surface area contributed by atoms with Gasteiger partial charge in [-0.15, -0.1) is 0 Å². The number of carbonyl (C=O) groups excluding carboxylic acids is 1. The Morgan fingerprint density at radius 1 is 1.26 bits per heavy atom. The van der Waals surface area contributed by atoms with E-state index >= 15 is 0 Å². The molecule has 2 unspecified atom stereocenters. The number of hydrogen-bond donors (Lipinski definition) is 1. The largest absolute Gasteiger partial charge is 0.466 e. The van der Waals surface area contributed by atoms with E-state index in [-0.39, 0.29) is 17.9 Å². The van der Waals surface area contributed by atoms with Gasteiger partial charge in [0.05, 0.1) is 12.5 Å². The molecule has 3 heteroatoms. The lowest BCUT2D eigenvalue weighted by molar-refractivity contribution is -0.147. The summed E-state index contributed by atoms with van der Waals surface area (Å²) >= 11 is 0. The molecule has 2 atom stereocenters. The minimum atomic E-state index is -0.158. The van der Waals surface area contributed by atoms with Crippen LogP contribution in [0.25, 0.3) is 5.57 Å². The molecular weight excluding hydrogens is 286 g/mol. The fourth-order valence-electron chi connectivity index (χ4n) is 2.88. The lowest BCUT2D eigenvalue weighted by Gasteiger charge is -2.16. The van der Waals surface area contributed by atoms with E-state index in [2.05, 4.69) is 42.5 Å². The van der Waals surface area contributed by atoms with Crippen LogP contribution in [0.3, 0.4) is 0 Å². The molecule has 1 aliphatic carbocycles. The van der Waals surface area contributed by atoms with E-state index in [1.165, 1.54) is 16.7 Å². The van der Waals surface area contributed by atoms with Crippen LogP contribution in [-0.2, 0) is 16.0 Å². The molecule has 0 amide bonds. The molecule has 23 heavy (non-hydrogen) atoms. The first-order chi connectivity index (χ1) is 11.1. The molecule has 0 spiro atoms. The number of carbonyl (C=O) groups is 1. The first kappa shape index (κ1) is 17.5. The quantitative estimate of drug-likeness (QED) is 0.777. The van der Waals surface area contributed by atoms with Crippen molar-refractivity contribution in [2.24, 2.45) is 11.7 Å². The van der Waals surface area contributed by atoms with Crippen molar-refractivity contribution < 1.29 is 9.53 Å². The predicted octanol–water partition coefficient (Wildman–Crippen LogP) is 3.88. The summed E-state index contributed by atoms with van der Waals surface area (Å²) in [5.74, 6) is -0.309. The third kappa shape index (κ3) is 5.36. The van der Waals surface area contributed by atoms with Crippen molar-refractivity contribution in [2.75, 3.05) is 6.61 Å². The van der Waals surface area contributed by atoms with Crippen LogP contribution < -0.4 is 5.73 Å². The van der Waals surface area contributed by atoms with E-state index in [0.717, 1.165) is 19.3 Å². The van der Waals surface area contributed by atoms with Crippen LogP contribution in [0.5, 0.6) is 0 Å². The maximum Gasteiger partial charge on any atom is 0.308 e. The summed E-state index contributed by atoms with van der Waals surface area (Å²) in [6, 6.07) is 8.53. The van der Waals surface area contributed by atoms with Gasteiger partial charge in [-0.1, -0.05) is 49.4 Å². The summed E-state index contributed by atoms with van der Waals surface area (Å²) in [5, 5.41) is 0. The maximum atomic E-state index is 11.7. The number of allylic oxidation sites excluding steroid dienone is 4. The van der Waals surface area contributed by atoms with Crippen molar-refractivity contribution in [3.05, 3.63) is 53.6 Å². The fourth-order valence-corrected chi connectivity index (χ4v) is 2.88. The molecule has 0 aromatic heterocycles. The number of esters is 1. The van der Waals surface area contributed by atoms with Gasteiger partial charge in [-0.05, 0) is 49.3 Å². The summed E-state index contributed by atoms with van der Waals surface area (Å²) < 4.78 is 5.03. The van der Waals surface area contributed by atoms with E-state index in [1.807, 2.05) is 13.8 Å². The molecule has 0 aliphatic heterocycles. The Labute approximate surface area is 139 Å². The van der Waals surface area contributed by atoms with Crippen LogP contribution in [0.2, 0.25) is 0 Å². The highest BCUT2D eigenvalue weighted by atomic mass is 16.5. The van der Waals surface area contributed by atoms with Crippen molar-refractivity contribution in [3.63, 3.8) is 0 Å². The van der Waals surface area contributed by atoms with Crippen molar-refractivity contribution in [1.82, 2.24) is 0 Å². The van der Waals surface area contributed by atoms with Crippen molar-refractivity contribution >= 4 is 11.5 Å². The topological polar surface area (TPSA) is 52.3 Å². The molecule has 0 heterocycles. The normalized spacial score (nSPS) is 16.6. The first-order valence-electron chi connectivity index (χ1n) is 8.48. The van der Waals surface area contributed by atoms with Gasteiger partial charge in [0.2, 0.25) is 0 Å². The minimum Gasteiger partial charge on any atom is -0.466 e. The number of benzene rings is 1. The molecule has 0 radical (unpaired) electrons. The molecule has 0 saturated carbocycles. The zero-order valence-corrected chi connectivity index (χ0v) is 14.1. The number of hydrogen-bond acceptors (Lipinski definition) is 3. The van der Waals surface area contributed by atoms with E-state index in [9.17, 15) is 4.79 Å². The smallest absolute Gasteiger partial charge is 0.308 e. The Hall–Kier alpha value is -1.87. The molecule has 2 rings (SSSR count). The Morgan fingerprint density at radius 2 is 2.00 bits per heavy atom. The van der Waals surface area contributed by atoms with Gasteiger partial charge in [0, 0.05) is 6.04 Å². The van der Waals surface area contributed by atoms with Crippen molar-refractivity contribution in [2.45, 2.75) is 45.6 Å². The zero-order valence-electron chi connectivity index (χ0n) is 14.1. The van der Waals surface area contributed by atoms with E-state index in [1.54, 1.807) is 0 Å². The van der Waals surface area contributed by atoms with Gasteiger partial charge in [-0.25, -0.2) is 0 Å². The first-order valence-corrected chi connectivity index (χ1v) is 8.48. The molecule has 3 nitrogen and oxygen atoms in total. The molecule has 124 valence electrons. The highest BCUT2D eigenvalue weighted by Crippen LogP contribution is 2.22. The third-order valence-electron chi connectivity index (χ3n) is 4.13. The monoisotopic (exact) mass is 313 g/mol. The molecule has 1 aromatic rings. The highest BCUT2D eigenvalue weighted by molar-refractivity contribution is 5.74. The van der Waals surface area contributed by atoms with E-state index in [0.29, 0.717) is 13.0 Å². The van der Waals surface area contributed by atoms with Gasteiger partial charge in [0.15, 0.2) is 0 Å². The Bertz CT molecular complexity index is 572. The van der Waals surface area contributed by atoms with Crippen LogP contribution in [0.1, 0.15) is 44.2 Å². The SMILES string of the molecule is CCOC(=O)C(C)CC(N)Cc1ccc(C2=CCCC=C2)cc1. The van der Waals surface area contributed by atoms with E-state index < -0.39 is 0 Å². The molecule has 2 N–H and O–H groups in total. The number of nitrogens with two attached hydrogens (primary N) is 1. The predicted molar refractivity (Wildman–Crippen MR) is 94.9 cm³/mol. The molecule has 0 bridgehead atoms. The van der Waals surface area contributed by atoms with Gasteiger partial charge in [-0.3, -0.25) is 4.79 Å². The van der Waals surface area contributed by atoms with Gasteiger partial charge in [-0.2, -0.15) is 0 Å². The lowest BCUT2D eigenvalue weighted by atomic mass is 9.94. The maximum absolute atomic E-state index is 11.7. The standard InChI is InChI=1S/C20H27NO2/c1-3-23-20(22)15(2)13-19(21)14-16-9-11-18(12-10-16)17-7-5-4-6-8-17/h5,7-12,15,19H,3-4,6,13-14,21H2,1-2H3. The molecular formula is C20H27NO2. The second-order valence-electron chi connectivity index (χ2n) is 6.19. The summed E-state index contributed by atoms with van der Waals surface area (Å²) in [4.78, 5) is 11.7.